The van der Waals surface area contributed by atoms with Crippen molar-refractivity contribution in [2.45, 2.75) is 25.7 Å². The molecule has 2 nitrogen and oxygen atoms in total. The number of nitrogens with two attached hydrogens (primary N) is 1. The number of nitrogen functional groups attached to an aromatic ring is 1. The minimum Gasteiger partial charge on any atom is -1.00 e. The summed E-state index contributed by atoms with van der Waals surface area (Å²) >= 11 is 3.60. The summed E-state index contributed by atoms with van der Waals surface area (Å²) in [6, 6.07) is 8.45. The largest absolute Gasteiger partial charge is 1.00 e. The first-order valence-electron chi connectivity index (χ1n) is 6.64. The van der Waals surface area contributed by atoms with Gasteiger partial charge in [-0.2, -0.15) is 4.98 Å². The summed E-state index contributed by atoms with van der Waals surface area (Å²) < 4.78 is 1.30. The van der Waals surface area contributed by atoms with Crippen LogP contribution in [0.25, 0.3) is 20.8 Å². The first kappa shape index (κ1) is 13.9. The highest BCUT2D eigenvalue weighted by Gasteiger charge is 2.25. The van der Waals surface area contributed by atoms with Gasteiger partial charge in [-0.15, -0.1) is 11.3 Å². The Bertz CT molecular complexity index is 727. The quantitative estimate of drug-likeness (QED) is 0.711. The molecule has 2 heterocycles. The molecule has 1 aliphatic carbocycles. The Hall–Kier alpha value is -1.10. The van der Waals surface area contributed by atoms with Crippen molar-refractivity contribution in [2.75, 3.05) is 5.73 Å². The fourth-order valence-corrected chi connectivity index (χ4v) is 5.19. The van der Waals surface area contributed by atoms with Gasteiger partial charge in [0.2, 0.25) is 5.52 Å². The number of hydrogen-bond acceptors (Lipinski definition) is 3. The van der Waals surface area contributed by atoms with Crippen molar-refractivity contribution in [3.8, 4) is 10.6 Å². The smallest absolute Gasteiger partial charge is 0.271 e. The number of thiophene rings is 1. The summed E-state index contributed by atoms with van der Waals surface area (Å²) in [4.78, 5) is 5.04. The van der Waals surface area contributed by atoms with Crippen molar-refractivity contribution in [3.63, 3.8) is 0 Å². The van der Waals surface area contributed by atoms with Gasteiger partial charge < -0.3 is 18.1 Å². The van der Waals surface area contributed by atoms with E-state index >= 15 is 0 Å². The topological polar surface area (TPSA) is 40.2 Å². The highest BCUT2D eigenvalue weighted by Crippen LogP contribution is 2.43. The van der Waals surface area contributed by atoms with Crippen LogP contribution in [0.3, 0.4) is 0 Å². The molecule has 2 aromatic heterocycles. The lowest BCUT2D eigenvalue weighted by Crippen LogP contribution is -3.00. The Morgan fingerprint density at radius 2 is 1.85 bits per heavy atom. The first-order chi connectivity index (χ1) is 9.33. The van der Waals surface area contributed by atoms with Crippen molar-refractivity contribution in [2.24, 2.45) is 0 Å². The van der Waals surface area contributed by atoms with Gasteiger partial charge in [-0.05, 0) is 37.3 Å². The lowest BCUT2D eigenvalue weighted by atomic mass is 9.96. The molecule has 0 aliphatic heterocycles. The van der Waals surface area contributed by atoms with E-state index < -0.39 is 0 Å². The SMILES string of the molecule is Nc1sc2c(c1-c1[nH+]c3ccccc3s1)CCCC2.[Cl-]. The molecule has 3 N–H and O–H groups in total. The summed E-state index contributed by atoms with van der Waals surface area (Å²) in [5, 5.41) is 2.20. The minimum absolute atomic E-state index is 0. The van der Waals surface area contributed by atoms with Crippen LogP contribution in [0.4, 0.5) is 5.00 Å². The van der Waals surface area contributed by atoms with E-state index in [9.17, 15) is 0 Å². The van der Waals surface area contributed by atoms with Crippen molar-refractivity contribution < 1.29 is 17.4 Å². The monoisotopic (exact) mass is 322 g/mol. The molecular formula is C15H15ClN2S2. The third-order valence-corrected chi connectivity index (χ3v) is 5.98. The zero-order chi connectivity index (χ0) is 12.8. The molecule has 0 amide bonds. The van der Waals surface area contributed by atoms with Crippen molar-refractivity contribution in [3.05, 3.63) is 34.7 Å². The maximum absolute atomic E-state index is 6.28. The van der Waals surface area contributed by atoms with Gasteiger partial charge in [0.25, 0.3) is 5.01 Å². The van der Waals surface area contributed by atoms with Crippen LogP contribution < -0.4 is 23.1 Å². The summed E-state index contributed by atoms with van der Waals surface area (Å²) in [5.74, 6) is 0. The van der Waals surface area contributed by atoms with Gasteiger partial charge in [-0.25, -0.2) is 0 Å². The number of para-hydroxylation sites is 1. The number of aryl methyl sites for hydroxylation is 1. The summed E-state index contributed by atoms with van der Waals surface area (Å²) in [7, 11) is 0. The standard InChI is InChI=1S/C15H14N2S2.ClH/c16-14-13(9-5-1-3-7-11(9)18-14)15-17-10-6-2-4-8-12(10)19-15;/h2,4,6,8H,1,3,5,7,16H2;1H. The molecule has 0 saturated carbocycles. The Kier molecular flexibility index (Phi) is 3.71. The molecule has 0 unspecified atom stereocenters. The summed E-state index contributed by atoms with van der Waals surface area (Å²) in [6.07, 6.45) is 4.99. The molecule has 104 valence electrons. The van der Waals surface area contributed by atoms with Crippen LogP contribution >= 0.6 is 22.7 Å². The first-order valence-corrected chi connectivity index (χ1v) is 8.27. The number of anilines is 1. The minimum atomic E-state index is 0. The number of H-pyrrole nitrogens is 1. The molecule has 3 aromatic rings. The van der Waals surface area contributed by atoms with E-state index in [0.717, 1.165) is 5.00 Å². The predicted molar refractivity (Wildman–Crippen MR) is 82.7 cm³/mol. The second kappa shape index (κ2) is 5.35. The number of rotatable bonds is 1. The Morgan fingerprint density at radius 3 is 2.70 bits per heavy atom. The molecule has 4 rings (SSSR count). The van der Waals surface area contributed by atoms with Gasteiger partial charge in [-0.1, -0.05) is 23.5 Å². The average Bonchev–Trinajstić information content (AvgIpc) is 2.97. The molecule has 5 heteroatoms. The number of aromatic nitrogens is 1. The Morgan fingerprint density at radius 1 is 1.05 bits per heavy atom. The zero-order valence-corrected chi connectivity index (χ0v) is 13.3. The van der Waals surface area contributed by atoms with Crippen LogP contribution in [-0.2, 0) is 12.8 Å². The summed E-state index contributed by atoms with van der Waals surface area (Å²) in [6.45, 7) is 0. The summed E-state index contributed by atoms with van der Waals surface area (Å²) in [5.41, 5.74) is 10.3. The van der Waals surface area contributed by atoms with Crippen LogP contribution in [0.2, 0.25) is 0 Å². The second-order valence-corrected chi connectivity index (χ2v) is 7.19. The van der Waals surface area contributed by atoms with Gasteiger partial charge in [0.05, 0.1) is 5.56 Å². The number of halogens is 1. The van der Waals surface area contributed by atoms with Gasteiger partial charge in [0, 0.05) is 10.9 Å². The van der Waals surface area contributed by atoms with Gasteiger partial charge >= 0.3 is 0 Å². The van der Waals surface area contributed by atoms with Crippen molar-refractivity contribution in [1.82, 2.24) is 0 Å². The lowest BCUT2D eigenvalue weighted by molar-refractivity contribution is -0.325. The molecule has 0 radical (unpaired) electrons. The normalized spacial score (nSPS) is 14.0. The van der Waals surface area contributed by atoms with Crippen LogP contribution in [-0.4, -0.2) is 0 Å². The Labute approximate surface area is 132 Å². The number of hydrogen-bond donors (Lipinski definition) is 1. The predicted octanol–water partition coefficient (Wildman–Crippen LogP) is 0.909. The number of thiazole rings is 1. The molecule has 0 bridgehead atoms. The number of nitrogens with one attached hydrogen (secondary N) is 1. The maximum Gasteiger partial charge on any atom is 0.271 e. The third kappa shape index (κ3) is 2.12. The third-order valence-electron chi connectivity index (χ3n) is 3.77. The second-order valence-electron chi connectivity index (χ2n) is 5.00. The number of fused-ring (bicyclic) bond motifs is 2. The van der Waals surface area contributed by atoms with Crippen LogP contribution in [0.1, 0.15) is 23.3 Å². The molecule has 0 spiro atoms. The Balaban J connectivity index is 0.00000121. The van der Waals surface area contributed by atoms with Gasteiger partial charge in [0.15, 0.2) is 0 Å². The van der Waals surface area contributed by atoms with E-state index in [-0.39, 0.29) is 12.4 Å². The van der Waals surface area contributed by atoms with E-state index in [1.54, 1.807) is 11.3 Å². The number of aromatic amines is 1. The van der Waals surface area contributed by atoms with E-state index in [2.05, 4.69) is 29.2 Å². The van der Waals surface area contributed by atoms with E-state index in [4.69, 9.17) is 5.73 Å². The lowest BCUT2D eigenvalue weighted by Gasteiger charge is -2.10. The molecule has 20 heavy (non-hydrogen) atoms. The molecule has 0 atom stereocenters. The maximum atomic E-state index is 6.28. The van der Waals surface area contributed by atoms with E-state index in [0.29, 0.717) is 0 Å². The van der Waals surface area contributed by atoms with Gasteiger partial charge in [-0.3, -0.25) is 0 Å². The van der Waals surface area contributed by atoms with Gasteiger partial charge in [0.1, 0.15) is 9.70 Å². The average molecular weight is 323 g/mol. The van der Waals surface area contributed by atoms with Crippen LogP contribution in [0.5, 0.6) is 0 Å². The van der Waals surface area contributed by atoms with Crippen LogP contribution in [0.15, 0.2) is 24.3 Å². The highest BCUT2D eigenvalue weighted by molar-refractivity contribution is 7.22. The molecule has 0 saturated heterocycles. The van der Waals surface area contributed by atoms with E-state index in [1.807, 2.05) is 11.3 Å². The fourth-order valence-electron chi connectivity index (χ4n) is 2.87. The fraction of sp³-hybridized carbons (Fsp3) is 0.267. The molecular weight excluding hydrogens is 308 g/mol. The number of benzene rings is 1. The molecule has 1 aliphatic rings. The highest BCUT2D eigenvalue weighted by atomic mass is 35.5. The van der Waals surface area contributed by atoms with E-state index in [1.165, 1.54) is 56.9 Å². The molecule has 1 aromatic carbocycles. The van der Waals surface area contributed by atoms with Crippen molar-refractivity contribution >= 4 is 37.9 Å². The zero-order valence-electron chi connectivity index (χ0n) is 10.9. The molecule has 0 fully saturated rings. The van der Waals surface area contributed by atoms with Crippen LogP contribution in [0, 0.1) is 0 Å². The van der Waals surface area contributed by atoms with Crippen molar-refractivity contribution in [1.29, 1.82) is 0 Å².